The zero-order chi connectivity index (χ0) is 27.4. The Hall–Kier alpha value is -4.59. The molecule has 1 aliphatic heterocycles. The normalized spacial score (nSPS) is 16.5. The number of nitrogens with zero attached hydrogens (tertiary/aromatic N) is 3. The molecule has 0 spiro atoms. The lowest BCUT2D eigenvalue weighted by atomic mass is 9.94. The van der Waals surface area contributed by atoms with E-state index in [1.807, 2.05) is 85.8 Å². The first-order chi connectivity index (χ1) is 18.9. The number of carbonyl (C=O) groups excluding carboxylic acids is 2. The van der Waals surface area contributed by atoms with Crippen LogP contribution in [0.1, 0.15) is 28.5 Å². The number of fused-ring (bicyclic) bond motifs is 1. The van der Waals surface area contributed by atoms with Gasteiger partial charge in [-0.2, -0.15) is 5.10 Å². The van der Waals surface area contributed by atoms with Crippen molar-refractivity contribution in [2.24, 2.45) is 0 Å². The van der Waals surface area contributed by atoms with E-state index in [1.165, 1.54) is 0 Å². The topological polar surface area (TPSA) is 85.7 Å². The zero-order valence-electron chi connectivity index (χ0n) is 22.4. The molecule has 1 atom stereocenters. The lowest BCUT2D eigenvalue weighted by molar-refractivity contribution is -0.133. The van der Waals surface area contributed by atoms with Crippen molar-refractivity contribution in [3.8, 4) is 22.8 Å². The van der Waals surface area contributed by atoms with Gasteiger partial charge in [-0.15, -0.1) is 0 Å². The Kier molecular flexibility index (Phi) is 7.36. The van der Waals surface area contributed by atoms with E-state index in [9.17, 15) is 9.59 Å². The Labute approximate surface area is 228 Å². The van der Waals surface area contributed by atoms with Crippen LogP contribution >= 0.6 is 0 Å². The van der Waals surface area contributed by atoms with Gasteiger partial charge >= 0.3 is 0 Å². The number of hydrogen-bond donors (Lipinski definition) is 1. The monoisotopic (exact) mass is 524 g/mol. The first kappa shape index (κ1) is 26.0. The van der Waals surface area contributed by atoms with Crippen molar-refractivity contribution in [3.63, 3.8) is 0 Å². The van der Waals surface area contributed by atoms with Crippen LogP contribution in [0.25, 0.3) is 11.3 Å². The highest BCUT2D eigenvalue weighted by Crippen LogP contribution is 2.31. The molecule has 0 aliphatic carbocycles. The summed E-state index contributed by atoms with van der Waals surface area (Å²) in [6, 6.07) is 26.8. The van der Waals surface area contributed by atoms with Crippen LogP contribution in [-0.2, 0) is 24.3 Å². The molecule has 200 valence electrons. The van der Waals surface area contributed by atoms with Gasteiger partial charge in [0.15, 0.2) is 0 Å². The Morgan fingerprint density at radius 2 is 1.69 bits per heavy atom. The van der Waals surface area contributed by atoms with E-state index in [1.54, 1.807) is 29.9 Å². The molecule has 0 unspecified atom stereocenters. The molecular weight excluding hydrogens is 492 g/mol. The summed E-state index contributed by atoms with van der Waals surface area (Å²) in [4.78, 5) is 29.4. The smallest absolute Gasteiger partial charge is 0.273 e. The summed E-state index contributed by atoms with van der Waals surface area (Å²) in [5.74, 6) is 0.966. The maximum absolute atomic E-state index is 13.9. The van der Waals surface area contributed by atoms with Crippen LogP contribution in [-0.4, -0.2) is 52.8 Å². The Morgan fingerprint density at radius 3 is 2.41 bits per heavy atom. The van der Waals surface area contributed by atoms with E-state index >= 15 is 0 Å². The number of aromatic nitrogens is 2. The number of para-hydroxylation sites is 1. The quantitative estimate of drug-likeness (QED) is 0.352. The number of carbonyl (C=O) groups is 2. The van der Waals surface area contributed by atoms with Crippen molar-refractivity contribution in [1.29, 1.82) is 0 Å². The summed E-state index contributed by atoms with van der Waals surface area (Å²) in [5, 5.41) is 7.78. The van der Waals surface area contributed by atoms with Crippen LogP contribution in [0.5, 0.6) is 11.5 Å². The van der Waals surface area contributed by atoms with Gasteiger partial charge in [0, 0.05) is 24.2 Å². The Balaban J connectivity index is 1.45. The Bertz CT molecular complexity index is 1470. The molecule has 2 amide bonds. The SMILES string of the molecule is COc1ccc(-c2cc3n(n2)C[C@@](C)(C(=O)NCc2ccccc2OC)N(CCc2ccccc2)C3=O)cc1. The number of benzene rings is 3. The first-order valence-electron chi connectivity index (χ1n) is 12.9. The number of nitrogens with one attached hydrogen (secondary N) is 1. The summed E-state index contributed by atoms with van der Waals surface area (Å²) in [7, 11) is 3.22. The average molecular weight is 525 g/mol. The maximum Gasteiger partial charge on any atom is 0.273 e. The van der Waals surface area contributed by atoms with Gasteiger partial charge in [-0.1, -0.05) is 48.5 Å². The second kappa shape index (κ2) is 11.0. The number of methoxy groups -OCH3 is 2. The molecule has 0 fully saturated rings. The third-order valence-electron chi connectivity index (χ3n) is 7.27. The molecule has 4 aromatic rings. The first-order valence-corrected chi connectivity index (χ1v) is 12.9. The largest absolute Gasteiger partial charge is 0.497 e. The molecule has 5 rings (SSSR count). The van der Waals surface area contributed by atoms with E-state index in [-0.39, 0.29) is 24.9 Å². The zero-order valence-corrected chi connectivity index (χ0v) is 22.4. The van der Waals surface area contributed by atoms with E-state index < -0.39 is 5.54 Å². The highest BCUT2D eigenvalue weighted by molar-refractivity contribution is 6.00. The highest BCUT2D eigenvalue weighted by Gasteiger charge is 2.47. The molecule has 3 aromatic carbocycles. The molecule has 8 nitrogen and oxygen atoms in total. The van der Waals surface area contributed by atoms with Gasteiger partial charge in [-0.25, -0.2) is 0 Å². The van der Waals surface area contributed by atoms with Crippen LogP contribution < -0.4 is 14.8 Å². The molecule has 1 N–H and O–H groups in total. The highest BCUT2D eigenvalue weighted by atomic mass is 16.5. The fraction of sp³-hybridized carbons (Fsp3) is 0.258. The molecule has 0 saturated heterocycles. The second-order valence-corrected chi connectivity index (χ2v) is 9.76. The third kappa shape index (κ3) is 5.23. The van der Waals surface area contributed by atoms with Gasteiger partial charge < -0.3 is 19.7 Å². The third-order valence-corrected chi connectivity index (χ3v) is 7.27. The molecule has 0 radical (unpaired) electrons. The molecule has 0 bridgehead atoms. The van der Waals surface area contributed by atoms with Crippen molar-refractivity contribution in [3.05, 3.63) is 102 Å². The summed E-state index contributed by atoms with van der Waals surface area (Å²) in [6.45, 7) is 2.72. The fourth-order valence-corrected chi connectivity index (χ4v) is 4.99. The number of ether oxygens (including phenoxy) is 2. The van der Waals surface area contributed by atoms with Crippen LogP contribution in [0.4, 0.5) is 0 Å². The summed E-state index contributed by atoms with van der Waals surface area (Å²) < 4.78 is 12.4. The molecule has 39 heavy (non-hydrogen) atoms. The van der Waals surface area contributed by atoms with Gasteiger partial charge in [-0.3, -0.25) is 14.3 Å². The van der Waals surface area contributed by atoms with Crippen molar-refractivity contribution >= 4 is 11.8 Å². The number of rotatable bonds is 9. The van der Waals surface area contributed by atoms with E-state index in [0.29, 0.717) is 30.1 Å². The summed E-state index contributed by atoms with van der Waals surface area (Å²) in [6.07, 6.45) is 0.626. The van der Waals surface area contributed by atoms with Crippen molar-refractivity contribution in [2.45, 2.75) is 32.0 Å². The predicted octanol–water partition coefficient (Wildman–Crippen LogP) is 4.34. The van der Waals surface area contributed by atoms with Crippen LogP contribution in [0.3, 0.4) is 0 Å². The maximum atomic E-state index is 13.9. The molecule has 0 saturated carbocycles. The van der Waals surface area contributed by atoms with Gasteiger partial charge in [0.2, 0.25) is 5.91 Å². The van der Waals surface area contributed by atoms with Crippen LogP contribution in [0.2, 0.25) is 0 Å². The van der Waals surface area contributed by atoms with Crippen LogP contribution in [0, 0.1) is 0 Å². The lowest BCUT2D eigenvalue weighted by Gasteiger charge is -2.43. The number of amides is 2. The van der Waals surface area contributed by atoms with Crippen LogP contribution in [0.15, 0.2) is 84.9 Å². The molecule has 1 aromatic heterocycles. The standard InChI is InChI=1S/C31H32N4O4/c1-31(30(37)32-20-24-11-7-8-12-28(24)39-3)21-35-27(19-26(33-35)23-13-15-25(38-2)16-14-23)29(36)34(31)18-17-22-9-5-4-6-10-22/h4-16,19H,17-18,20-21H2,1-3H3,(H,32,37)/t31-/m0/s1. The van der Waals surface area contributed by atoms with Crippen molar-refractivity contribution < 1.29 is 19.1 Å². The number of hydrogen-bond acceptors (Lipinski definition) is 5. The van der Waals surface area contributed by atoms with E-state index in [0.717, 1.165) is 22.4 Å². The minimum absolute atomic E-state index is 0.223. The van der Waals surface area contributed by atoms with Crippen molar-refractivity contribution in [1.82, 2.24) is 20.0 Å². The second-order valence-electron chi connectivity index (χ2n) is 9.76. The van der Waals surface area contributed by atoms with Gasteiger partial charge in [0.1, 0.15) is 22.7 Å². The summed E-state index contributed by atoms with van der Waals surface area (Å²) >= 11 is 0. The lowest BCUT2D eigenvalue weighted by Crippen LogP contribution is -2.64. The molecule has 1 aliphatic rings. The molecule has 8 heteroatoms. The van der Waals surface area contributed by atoms with E-state index in [2.05, 4.69) is 5.32 Å². The van der Waals surface area contributed by atoms with Gasteiger partial charge in [0.25, 0.3) is 5.91 Å². The van der Waals surface area contributed by atoms with E-state index in [4.69, 9.17) is 14.6 Å². The average Bonchev–Trinajstić information content (AvgIpc) is 3.40. The van der Waals surface area contributed by atoms with Crippen molar-refractivity contribution in [2.75, 3.05) is 20.8 Å². The summed E-state index contributed by atoms with van der Waals surface area (Å²) in [5.41, 5.74) is 2.80. The Morgan fingerprint density at radius 1 is 0.974 bits per heavy atom. The minimum atomic E-state index is -1.15. The predicted molar refractivity (Wildman–Crippen MR) is 149 cm³/mol. The minimum Gasteiger partial charge on any atom is -0.497 e. The molecule has 2 heterocycles. The molecular formula is C31H32N4O4. The van der Waals surface area contributed by atoms with Gasteiger partial charge in [-0.05, 0) is 55.3 Å². The fourth-order valence-electron chi connectivity index (χ4n) is 4.99. The van der Waals surface area contributed by atoms with Gasteiger partial charge in [0.05, 0.1) is 26.5 Å².